The van der Waals surface area contributed by atoms with Gasteiger partial charge in [0.1, 0.15) is 5.75 Å². The van der Waals surface area contributed by atoms with Crippen LogP contribution < -0.4 is 5.56 Å². The number of nitrogens with zero attached hydrogens (tertiary/aromatic N) is 2. The van der Waals surface area contributed by atoms with Crippen LogP contribution in [-0.4, -0.2) is 14.7 Å². The van der Waals surface area contributed by atoms with Crippen molar-refractivity contribution in [1.29, 1.82) is 0 Å². The Morgan fingerprint density at radius 3 is 2.74 bits per heavy atom. The van der Waals surface area contributed by atoms with Crippen molar-refractivity contribution >= 4 is 10.9 Å². The van der Waals surface area contributed by atoms with E-state index in [4.69, 9.17) is 0 Å². The molecule has 4 heteroatoms. The average molecular weight is 252 g/mol. The van der Waals surface area contributed by atoms with Crippen LogP contribution in [0.1, 0.15) is 5.69 Å². The van der Waals surface area contributed by atoms with E-state index in [-0.39, 0.29) is 11.3 Å². The third kappa shape index (κ3) is 2.08. The van der Waals surface area contributed by atoms with E-state index in [1.807, 2.05) is 37.3 Å². The van der Waals surface area contributed by atoms with Crippen LogP contribution in [0.5, 0.6) is 5.75 Å². The van der Waals surface area contributed by atoms with Gasteiger partial charge in [-0.1, -0.05) is 6.07 Å². The SMILES string of the molecule is Cc1ccc2cc(-n3ccc(O)cc3=O)ccc2n1. The van der Waals surface area contributed by atoms with Crippen LogP contribution in [0, 0.1) is 6.92 Å². The first-order chi connectivity index (χ1) is 9.13. The number of aromatic hydroxyl groups is 1. The topological polar surface area (TPSA) is 55.1 Å². The minimum absolute atomic E-state index is 0.0284. The summed E-state index contributed by atoms with van der Waals surface area (Å²) in [5.41, 5.74) is 2.35. The lowest BCUT2D eigenvalue weighted by Crippen LogP contribution is -2.15. The number of hydrogen-bond acceptors (Lipinski definition) is 3. The summed E-state index contributed by atoms with van der Waals surface area (Å²) < 4.78 is 1.49. The normalized spacial score (nSPS) is 10.8. The highest BCUT2D eigenvalue weighted by molar-refractivity contribution is 5.80. The van der Waals surface area contributed by atoms with E-state index in [2.05, 4.69) is 4.98 Å². The fraction of sp³-hybridized carbons (Fsp3) is 0.0667. The van der Waals surface area contributed by atoms with Gasteiger partial charge in [-0.3, -0.25) is 14.3 Å². The van der Waals surface area contributed by atoms with Crippen LogP contribution in [0.3, 0.4) is 0 Å². The van der Waals surface area contributed by atoms with Crippen molar-refractivity contribution in [3.63, 3.8) is 0 Å². The lowest BCUT2D eigenvalue weighted by molar-refractivity contribution is 0.473. The lowest BCUT2D eigenvalue weighted by atomic mass is 10.2. The highest BCUT2D eigenvalue weighted by atomic mass is 16.3. The molecule has 94 valence electrons. The van der Waals surface area contributed by atoms with E-state index >= 15 is 0 Å². The van der Waals surface area contributed by atoms with Crippen LogP contribution in [0.4, 0.5) is 0 Å². The molecule has 0 amide bonds. The second-order valence-electron chi connectivity index (χ2n) is 4.42. The quantitative estimate of drug-likeness (QED) is 0.723. The summed E-state index contributed by atoms with van der Waals surface area (Å²) in [5.74, 6) is -0.0284. The monoisotopic (exact) mass is 252 g/mol. The van der Waals surface area contributed by atoms with Crippen LogP contribution >= 0.6 is 0 Å². The average Bonchev–Trinajstić information content (AvgIpc) is 2.38. The maximum Gasteiger partial charge on any atom is 0.258 e. The number of benzene rings is 1. The fourth-order valence-corrected chi connectivity index (χ4v) is 2.05. The van der Waals surface area contributed by atoms with Gasteiger partial charge in [0.2, 0.25) is 0 Å². The van der Waals surface area contributed by atoms with E-state index in [1.54, 1.807) is 6.20 Å². The molecule has 0 aliphatic rings. The molecule has 0 spiro atoms. The summed E-state index contributed by atoms with van der Waals surface area (Å²) in [4.78, 5) is 16.2. The van der Waals surface area contributed by atoms with Crippen molar-refractivity contribution in [3.8, 4) is 11.4 Å². The molecule has 3 rings (SSSR count). The van der Waals surface area contributed by atoms with Crippen LogP contribution in [-0.2, 0) is 0 Å². The van der Waals surface area contributed by atoms with Crippen LogP contribution in [0.25, 0.3) is 16.6 Å². The van der Waals surface area contributed by atoms with Gasteiger partial charge in [0.05, 0.1) is 5.52 Å². The molecule has 3 aromatic rings. The molecule has 0 saturated heterocycles. The van der Waals surface area contributed by atoms with Crippen molar-refractivity contribution in [1.82, 2.24) is 9.55 Å². The zero-order valence-corrected chi connectivity index (χ0v) is 10.4. The number of pyridine rings is 2. The fourth-order valence-electron chi connectivity index (χ4n) is 2.05. The summed E-state index contributed by atoms with van der Waals surface area (Å²) in [6, 6.07) is 12.2. The molecular weight excluding hydrogens is 240 g/mol. The molecule has 1 aromatic carbocycles. The molecule has 0 atom stereocenters. The molecule has 1 N–H and O–H groups in total. The summed E-state index contributed by atoms with van der Waals surface area (Å²) in [5, 5.41) is 10.2. The van der Waals surface area contributed by atoms with Crippen LogP contribution in [0.2, 0.25) is 0 Å². The van der Waals surface area contributed by atoms with Crippen molar-refractivity contribution in [3.05, 3.63) is 64.7 Å². The van der Waals surface area contributed by atoms with Gasteiger partial charge >= 0.3 is 0 Å². The van der Waals surface area contributed by atoms with Gasteiger partial charge in [-0.25, -0.2) is 0 Å². The number of aryl methyl sites for hydroxylation is 1. The van der Waals surface area contributed by atoms with Gasteiger partial charge in [-0.2, -0.15) is 0 Å². The molecule has 0 aliphatic heterocycles. The zero-order valence-electron chi connectivity index (χ0n) is 10.4. The van der Waals surface area contributed by atoms with E-state index < -0.39 is 0 Å². The highest BCUT2D eigenvalue weighted by Crippen LogP contribution is 2.17. The number of hydrogen-bond donors (Lipinski definition) is 1. The van der Waals surface area contributed by atoms with E-state index in [1.165, 1.54) is 16.7 Å². The van der Waals surface area contributed by atoms with Gasteiger partial charge in [0.15, 0.2) is 0 Å². The minimum atomic E-state index is -0.264. The first kappa shape index (κ1) is 11.5. The summed E-state index contributed by atoms with van der Waals surface area (Å²) in [6.45, 7) is 1.94. The molecule has 0 unspecified atom stereocenters. The summed E-state index contributed by atoms with van der Waals surface area (Å²) in [6.07, 6.45) is 1.56. The molecule has 2 heterocycles. The van der Waals surface area contributed by atoms with Gasteiger partial charge in [0.25, 0.3) is 5.56 Å². The van der Waals surface area contributed by atoms with Gasteiger partial charge in [0, 0.05) is 29.0 Å². The number of rotatable bonds is 1. The highest BCUT2D eigenvalue weighted by Gasteiger charge is 2.03. The molecule has 0 bridgehead atoms. The van der Waals surface area contributed by atoms with Gasteiger partial charge < -0.3 is 5.11 Å². The Morgan fingerprint density at radius 1 is 1.11 bits per heavy atom. The number of aromatic nitrogens is 2. The first-order valence-electron chi connectivity index (χ1n) is 5.93. The zero-order chi connectivity index (χ0) is 13.4. The Labute approximate surface area is 109 Å². The molecule has 0 radical (unpaired) electrons. The van der Waals surface area contributed by atoms with Crippen molar-refractivity contribution in [2.75, 3.05) is 0 Å². The van der Waals surface area contributed by atoms with E-state index in [9.17, 15) is 9.90 Å². The molecule has 2 aromatic heterocycles. The molecule has 19 heavy (non-hydrogen) atoms. The van der Waals surface area contributed by atoms with Crippen molar-refractivity contribution in [2.45, 2.75) is 6.92 Å². The number of fused-ring (bicyclic) bond motifs is 1. The van der Waals surface area contributed by atoms with Crippen molar-refractivity contribution in [2.24, 2.45) is 0 Å². The summed E-state index contributed by atoms with van der Waals surface area (Å²) in [7, 11) is 0. The Balaban J connectivity index is 2.20. The third-order valence-corrected chi connectivity index (χ3v) is 2.99. The molecule has 4 nitrogen and oxygen atoms in total. The molecular formula is C15H12N2O2. The molecule has 0 saturated carbocycles. The Morgan fingerprint density at radius 2 is 1.95 bits per heavy atom. The lowest BCUT2D eigenvalue weighted by Gasteiger charge is -2.07. The molecule has 0 aliphatic carbocycles. The van der Waals surface area contributed by atoms with E-state index in [0.29, 0.717) is 0 Å². The predicted molar refractivity (Wildman–Crippen MR) is 73.7 cm³/mol. The predicted octanol–water partition coefficient (Wildman–Crippen LogP) is 2.40. The van der Waals surface area contributed by atoms with Crippen molar-refractivity contribution < 1.29 is 5.11 Å². The third-order valence-electron chi connectivity index (χ3n) is 2.99. The maximum absolute atomic E-state index is 11.8. The van der Waals surface area contributed by atoms with E-state index in [0.717, 1.165) is 22.3 Å². The molecule has 0 fully saturated rings. The Kier molecular flexibility index (Phi) is 2.56. The standard InChI is InChI=1S/C15H12N2O2/c1-10-2-3-11-8-12(4-5-14(11)16-10)17-7-6-13(18)9-15(17)19/h2-9,18H,1H3. The second-order valence-corrected chi connectivity index (χ2v) is 4.42. The Bertz CT molecular complexity index is 822. The maximum atomic E-state index is 11.8. The first-order valence-corrected chi connectivity index (χ1v) is 5.93. The van der Waals surface area contributed by atoms with Gasteiger partial charge in [-0.15, -0.1) is 0 Å². The minimum Gasteiger partial charge on any atom is -0.508 e. The van der Waals surface area contributed by atoms with Gasteiger partial charge in [-0.05, 0) is 37.3 Å². The summed E-state index contributed by atoms with van der Waals surface area (Å²) >= 11 is 0. The smallest absolute Gasteiger partial charge is 0.258 e. The Hall–Kier alpha value is -2.62. The second kappa shape index (κ2) is 4.24. The van der Waals surface area contributed by atoms with Crippen LogP contribution in [0.15, 0.2) is 53.5 Å². The largest absolute Gasteiger partial charge is 0.508 e.